The zero-order valence-corrected chi connectivity index (χ0v) is 18.0. The second-order valence-corrected chi connectivity index (χ2v) is 6.93. The number of likely N-dealkylation sites (N-methyl/N-ethyl adjacent to an activating group) is 1. The standard InChI is InChI=1S/C16H23N7O3.C2HF3O2/c1-4-7-22-12-13(19-15(22)21-8-5-18-6-9-21)20(3)16(26)23(14(12)25)10-11(24)17-2;3-2(4,5)1(6)7/h4,18H,1,5-10H2,2-3H3,(H,17,24);(H,6,7). The summed E-state index contributed by atoms with van der Waals surface area (Å²) in [5.41, 5.74) is -0.489. The van der Waals surface area contributed by atoms with E-state index in [1.54, 1.807) is 17.7 Å². The van der Waals surface area contributed by atoms with Gasteiger partial charge in [0.1, 0.15) is 6.54 Å². The molecule has 1 aliphatic heterocycles. The zero-order valence-electron chi connectivity index (χ0n) is 18.0. The fourth-order valence-corrected chi connectivity index (χ4v) is 3.13. The van der Waals surface area contributed by atoms with E-state index in [4.69, 9.17) is 9.90 Å². The number of hydrogen-bond donors (Lipinski definition) is 3. The van der Waals surface area contributed by atoms with Crippen molar-refractivity contribution in [3.05, 3.63) is 33.5 Å². The topological polar surface area (TPSA) is 143 Å². The Kier molecular flexibility index (Phi) is 8.03. The number of amides is 1. The lowest BCUT2D eigenvalue weighted by atomic mass is 10.4. The second kappa shape index (κ2) is 10.3. The van der Waals surface area contributed by atoms with Gasteiger partial charge in [0.15, 0.2) is 11.2 Å². The number of fused-ring (bicyclic) bond motifs is 1. The maximum Gasteiger partial charge on any atom is 0.490 e. The molecule has 1 fully saturated rings. The van der Waals surface area contributed by atoms with E-state index in [0.29, 0.717) is 23.7 Å². The van der Waals surface area contributed by atoms with Crippen molar-refractivity contribution in [1.82, 2.24) is 29.3 Å². The minimum absolute atomic E-state index is 0.296. The van der Waals surface area contributed by atoms with E-state index in [0.717, 1.165) is 30.7 Å². The molecule has 1 amide bonds. The van der Waals surface area contributed by atoms with Crippen molar-refractivity contribution in [2.24, 2.45) is 7.05 Å². The molecule has 0 radical (unpaired) electrons. The molecule has 0 atom stereocenters. The van der Waals surface area contributed by atoms with Crippen LogP contribution < -0.4 is 26.8 Å². The Bertz CT molecular complexity index is 1160. The fraction of sp³-hybridized carbons (Fsp3) is 0.500. The molecule has 15 heteroatoms. The van der Waals surface area contributed by atoms with Gasteiger partial charge in [0, 0.05) is 46.8 Å². The number of aryl methyl sites for hydroxylation is 1. The van der Waals surface area contributed by atoms with E-state index in [1.807, 2.05) is 0 Å². The Balaban J connectivity index is 0.000000479. The third-order valence-corrected chi connectivity index (χ3v) is 4.75. The number of carbonyl (C=O) groups is 2. The lowest BCUT2D eigenvalue weighted by Crippen LogP contribution is -2.44. The normalized spacial score (nSPS) is 13.9. The van der Waals surface area contributed by atoms with Crippen LogP contribution >= 0.6 is 0 Å². The first-order valence-corrected chi connectivity index (χ1v) is 9.71. The maximum atomic E-state index is 13.0. The van der Waals surface area contributed by atoms with Crippen molar-refractivity contribution in [1.29, 1.82) is 0 Å². The summed E-state index contributed by atoms with van der Waals surface area (Å²) in [4.78, 5) is 52.8. The molecule has 1 aliphatic rings. The fourth-order valence-electron chi connectivity index (χ4n) is 3.13. The Morgan fingerprint density at radius 1 is 1.24 bits per heavy atom. The number of halogens is 3. The molecule has 1 saturated heterocycles. The van der Waals surface area contributed by atoms with E-state index in [-0.39, 0.29) is 6.54 Å². The van der Waals surface area contributed by atoms with Gasteiger partial charge in [0.25, 0.3) is 5.56 Å². The molecule has 3 N–H and O–H groups in total. The number of carboxylic acids is 1. The molecule has 3 rings (SSSR count). The Labute approximate surface area is 184 Å². The van der Waals surface area contributed by atoms with Gasteiger partial charge in [0.05, 0.1) is 0 Å². The van der Waals surface area contributed by atoms with Gasteiger partial charge in [-0.3, -0.25) is 14.2 Å². The smallest absolute Gasteiger partial charge is 0.475 e. The number of piperazine rings is 1. The third kappa shape index (κ3) is 5.60. The minimum atomic E-state index is -5.08. The van der Waals surface area contributed by atoms with Crippen LogP contribution in [-0.4, -0.2) is 75.1 Å². The van der Waals surface area contributed by atoms with Gasteiger partial charge >= 0.3 is 17.8 Å². The highest BCUT2D eigenvalue weighted by molar-refractivity contribution is 5.77. The largest absolute Gasteiger partial charge is 0.490 e. The maximum absolute atomic E-state index is 13.0. The van der Waals surface area contributed by atoms with Gasteiger partial charge in [-0.1, -0.05) is 6.08 Å². The zero-order chi connectivity index (χ0) is 24.9. The van der Waals surface area contributed by atoms with Gasteiger partial charge < -0.3 is 25.2 Å². The molecule has 0 saturated carbocycles. The average molecular weight is 475 g/mol. The first-order chi connectivity index (χ1) is 15.4. The van der Waals surface area contributed by atoms with Crippen LogP contribution in [0.5, 0.6) is 0 Å². The van der Waals surface area contributed by atoms with Crippen molar-refractivity contribution in [3.63, 3.8) is 0 Å². The summed E-state index contributed by atoms with van der Waals surface area (Å²) in [6.45, 7) is 6.94. The molecular formula is C18H24F3N7O5. The molecule has 0 bridgehead atoms. The van der Waals surface area contributed by atoms with Crippen molar-refractivity contribution in [3.8, 4) is 0 Å². The lowest BCUT2D eigenvalue weighted by molar-refractivity contribution is -0.192. The predicted octanol–water partition coefficient (Wildman–Crippen LogP) is -1.13. The number of hydrogen-bond acceptors (Lipinski definition) is 7. The molecule has 2 aromatic rings. The molecule has 3 heterocycles. The van der Waals surface area contributed by atoms with Crippen LogP contribution in [-0.2, 0) is 29.7 Å². The number of nitrogens with zero attached hydrogens (tertiary/aromatic N) is 5. The molecule has 0 aliphatic carbocycles. The number of rotatable bonds is 5. The summed E-state index contributed by atoms with van der Waals surface area (Å²) in [7, 11) is 3.01. The quantitative estimate of drug-likeness (QED) is 0.461. The first kappa shape index (κ1) is 25.6. The molecule has 0 aromatic carbocycles. The number of alkyl halides is 3. The molecule has 33 heavy (non-hydrogen) atoms. The number of allylic oxidation sites excluding steroid dienone is 1. The number of carbonyl (C=O) groups excluding carboxylic acids is 1. The first-order valence-electron chi connectivity index (χ1n) is 9.71. The Morgan fingerprint density at radius 2 is 1.82 bits per heavy atom. The molecule has 12 nitrogen and oxygen atoms in total. The van der Waals surface area contributed by atoms with Crippen LogP contribution in [0.15, 0.2) is 22.2 Å². The second-order valence-electron chi connectivity index (χ2n) is 6.93. The van der Waals surface area contributed by atoms with E-state index in [1.165, 1.54) is 11.6 Å². The lowest BCUT2D eigenvalue weighted by Gasteiger charge is -2.28. The number of anilines is 1. The predicted molar refractivity (Wildman–Crippen MR) is 112 cm³/mol. The van der Waals surface area contributed by atoms with Crippen LogP contribution in [0.4, 0.5) is 19.1 Å². The SMILES string of the molecule is C=CCn1c(N2CCNCC2)nc2c1c(=O)n(CC(=O)NC)c(=O)n2C.O=C(O)C(F)(F)F. The van der Waals surface area contributed by atoms with Crippen LogP contribution in [0, 0.1) is 0 Å². The summed E-state index contributed by atoms with van der Waals surface area (Å²) in [5.74, 6) is -2.54. The third-order valence-electron chi connectivity index (χ3n) is 4.75. The van der Waals surface area contributed by atoms with Crippen LogP contribution in [0.2, 0.25) is 0 Å². The highest BCUT2D eigenvalue weighted by Crippen LogP contribution is 2.20. The van der Waals surface area contributed by atoms with Gasteiger partial charge in [-0.15, -0.1) is 6.58 Å². The van der Waals surface area contributed by atoms with Crippen LogP contribution in [0.25, 0.3) is 11.2 Å². The van der Waals surface area contributed by atoms with Crippen molar-refractivity contribution < 1.29 is 27.9 Å². The van der Waals surface area contributed by atoms with E-state index in [2.05, 4.69) is 27.1 Å². The van der Waals surface area contributed by atoms with Crippen molar-refractivity contribution in [2.75, 3.05) is 38.1 Å². The van der Waals surface area contributed by atoms with E-state index in [9.17, 15) is 27.6 Å². The summed E-state index contributed by atoms with van der Waals surface area (Å²) in [6.07, 6.45) is -3.40. The molecule has 0 unspecified atom stereocenters. The van der Waals surface area contributed by atoms with Gasteiger partial charge in [-0.05, 0) is 0 Å². The monoisotopic (exact) mass is 475 g/mol. The Morgan fingerprint density at radius 3 is 2.30 bits per heavy atom. The van der Waals surface area contributed by atoms with Crippen molar-refractivity contribution >= 4 is 29.0 Å². The van der Waals surface area contributed by atoms with Crippen LogP contribution in [0.1, 0.15) is 0 Å². The summed E-state index contributed by atoms with van der Waals surface area (Å²) < 4.78 is 35.7. The minimum Gasteiger partial charge on any atom is -0.475 e. The highest BCUT2D eigenvalue weighted by Gasteiger charge is 2.38. The molecule has 0 spiro atoms. The molecule has 182 valence electrons. The number of nitrogens with one attached hydrogen (secondary N) is 2. The highest BCUT2D eigenvalue weighted by atomic mass is 19.4. The van der Waals surface area contributed by atoms with E-state index < -0.39 is 29.3 Å². The van der Waals surface area contributed by atoms with Gasteiger partial charge in [-0.2, -0.15) is 18.2 Å². The molecule has 2 aromatic heterocycles. The van der Waals surface area contributed by atoms with Gasteiger partial charge in [0.2, 0.25) is 11.9 Å². The van der Waals surface area contributed by atoms with E-state index >= 15 is 0 Å². The summed E-state index contributed by atoms with van der Waals surface area (Å²) in [6, 6.07) is 0. The number of carboxylic acid groups (broad SMARTS) is 1. The number of imidazole rings is 1. The molecular weight excluding hydrogens is 451 g/mol. The van der Waals surface area contributed by atoms with Crippen molar-refractivity contribution in [2.45, 2.75) is 19.3 Å². The van der Waals surface area contributed by atoms with Gasteiger partial charge in [-0.25, -0.2) is 14.2 Å². The number of aliphatic carboxylic acids is 1. The summed E-state index contributed by atoms with van der Waals surface area (Å²) >= 11 is 0. The summed E-state index contributed by atoms with van der Waals surface area (Å²) in [5, 5.41) is 12.8. The number of aromatic nitrogens is 4. The average Bonchev–Trinajstić information content (AvgIpc) is 3.15. The Hall–Kier alpha value is -3.62. The van der Waals surface area contributed by atoms with Crippen LogP contribution in [0.3, 0.4) is 0 Å².